The highest BCUT2D eigenvalue weighted by atomic mass is 16.5. The Bertz CT molecular complexity index is 3540. The molecule has 300 valence electrons. The van der Waals surface area contributed by atoms with Crippen molar-refractivity contribution in [2.75, 3.05) is 4.90 Å². The predicted octanol–water partition coefficient (Wildman–Crippen LogP) is 16.1. The number of aromatic nitrogens is 1. The first-order valence-corrected chi connectivity index (χ1v) is 22.0. The van der Waals surface area contributed by atoms with Crippen molar-refractivity contribution in [3.8, 4) is 50.6 Å². The molecule has 3 nitrogen and oxygen atoms in total. The van der Waals surface area contributed by atoms with Crippen LogP contribution in [0.3, 0.4) is 0 Å². The van der Waals surface area contributed by atoms with Crippen LogP contribution in [0.2, 0.25) is 0 Å². The van der Waals surface area contributed by atoms with Crippen LogP contribution in [0.5, 0.6) is 11.5 Å². The second-order valence-corrected chi connectivity index (χ2v) is 16.8. The number of hydrogen-bond donors (Lipinski definition) is 0. The molecular formula is C61H40N2O. The van der Waals surface area contributed by atoms with Crippen LogP contribution >= 0.6 is 0 Å². The van der Waals surface area contributed by atoms with Gasteiger partial charge < -0.3 is 14.2 Å². The van der Waals surface area contributed by atoms with Crippen molar-refractivity contribution in [2.45, 2.75) is 5.41 Å². The maximum absolute atomic E-state index is 6.87. The number of hydrogen-bond acceptors (Lipinski definition) is 2. The fourth-order valence-corrected chi connectivity index (χ4v) is 10.8. The molecule has 0 saturated heterocycles. The van der Waals surface area contributed by atoms with Crippen LogP contribution in [-0.4, -0.2) is 4.57 Å². The highest BCUT2D eigenvalue weighted by Gasteiger charge is 2.52. The molecular weight excluding hydrogens is 777 g/mol. The third-order valence-corrected chi connectivity index (χ3v) is 13.4. The molecule has 2 heterocycles. The zero-order chi connectivity index (χ0) is 42.2. The van der Waals surface area contributed by atoms with E-state index in [4.69, 9.17) is 4.74 Å². The summed E-state index contributed by atoms with van der Waals surface area (Å²) in [5.41, 5.74) is 18.2. The normalized spacial score (nSPS) is 12.9. The predicted molar refractivity (Wildman–Crippen MR) is 264 cm³/mol. The van der Waals surface area contributed by atoms with E-state index in [0.717, 1.165) is 62.0 Å². The number of fused-ring (bicyclic) bond motifs is 12. The quantitative estimate of drug-likeness (QED) is 0.166. The SMILES string of the molecule is c1ccc(-c2cccc(N(c3ccc(-c4cccc5c4C4(c6ccccc6O5)c5ccccc5-c5ccccc54)cc3)c3ccc4c5ccccc5n(-c5ccccc5)c4c3)c2)cc1. The molecule has 1 aliphatic heterocycles. The second kappa shape index (κ2) is 14.3. The minimum absolute atomic E-state index is 0.566. The maximum Gasteiger partial charge on any atom is 0.132 e. The van der Waals surface area contributed by atoms with Crippen molar-refractivity contribution >= 4 is 38.9 Å². The van der Waals surface area contributed by atoms with Crippen LogP contribution in [-0.2, 0) is 5.41 Å². The van der Waals surface area contributed by atoms with E-state index < -0.39 is 5.41 Å². The van der Waals surface area contributed by atoms with E-state index in [0.29, 0.717) is 0 Å². The summed E-state index contributed by atoms with van der Waals surface area (Å²) in [6.45, 7) is 0. The smallest absolute Gasteiger partial charge is 0.132 e. The molecule has 0 amide bonds. The Kier molecular flexibility index (Phi) is 8.13. The molecule has 1 aliphatic carbocycles. The Morgan fingerprint density at radius 1 is 0.344 bits per heavy atom. The summed E-state index contributed by atoms with van der Waals surface area (Å²) < 4.78 is 9.26. The molecule has 1 spiro atoms. The molecule has 0 N–H and O–H groups in total. The lowest BCUT2D eigenvalue weighted by atomic mass is 9.64. The zero-order valence-electron chi connectivity index (χ0n) is 34.9. The summed E-state index contributed by atoms with van der Waals surface area (Å²) in [5, 5.41) is 2.45. The summed E-state index contributed by atoms with van der Waals surface area (Å²) in [6.07, 6.45) is 0. The van der Waals surface area contributed by atoms with Gasteiger partial charge in [0.2, 0.25) is 0 Å². The summed E-state index contributed by atoms with van der Waals surface area (Å²) in [5.74, 6) is 1.78. The van der Waals surface area contributed by atoms with E-state index in [1.807, 2.05) is 0 Å². The topological polar surface area (TPSA) is 17.4 Å². The molecule has 3 heteroatoms. The van der Waals surface area contributed by atoms with Gasteiger partial charge >= 0.3 is 0 Å². The molecule has 13 rings (SSSR count). The van der Waals surface area contributed by atoms with Gasteiger partial charge in [0.15, 0.2) is 0 Å². The van der Waals surface area contributed by atoms with Gasteiger partial charge in [0.25, 0.3) is 0 Å². The summed E-state index contributed by atoms with van der Waals surface area (Å²) in [7, 11) is 0. The fraction of sp³-hybridized carbons (Fsp3) is 0.0164. The Morgan fingerprint density at radius 2 is 0.906 bits per heavy atom. The molecule has 11 aromatic rings. The van der Waals surface area contributed by atoms with Gasteiger partial charge in [-0.3, -0.25) is 0 Å². The van der Waals surface area contributed by atoms with Crippen LogP contribution in [0.15, 0.2) is 243 Å². The van der Waals surface area contributed by atoms with E-state index in [9.17, 15) is 0 Å². The summed E-state index contributed by atoms with van der Waals surface area (Å²) in [4.78, 5) is 2.40. The Morgan fingerprint density at radius 3 is 1.69 bits per heavy atom. The fourth-order valence-electron chi connectivity index (χ4n) is 10.8. The van der Waals surface area contributed by atoms with Crippen LogP contribution < -0.4 is 9.64 Å². The molecule has 0 saturated carbocycles. The number of benzene rings is 10. The van der Waals surface area contributed by atoms with E-state index in [1.54, 1.807) is 0 Å². The van der Waals surface area contributed by atoms with E-state index >= 15 is 0 Å². The largest absolute Gasteiger partial charge is 0.457 e. The van der Waals surface area contributed by atoms with E-state index in [2.05, 4.69) is 252 Å². The third-order valence-electron chi connectivity index (χ3n) is 13.4. The molecule has 0 unspecified atom stereocenters. The van der Waals surface area contributed by atoms with Crippen molar-refractivity contribution in [3.05, 3.63) is 265 Å². The lowest BCUT2D eigenvalue weighted by Crippen LogP contribution is -2.32. The van der Waals surface area contributed by atoms with Crippen molar-refractivity contribution in [3.63, 3.8) is 0 Å². The summed E-state index contributed by atoms with van der Waals surface area (Å²) >= 11 is 0. The van der Waals surface area contributed by atoms with Gasteiger partial charge in [-0.05, 0) is 111 Å². The van der Waals surface area contributed by atoms with Crippen LogP contribution in [0.1, 0.15) is 22.3 Å². The maximum atomic E-state index is 6.87. The zero-order valence-corrected chi connectivity index (χ0v) is 34.9. The number of para-hydroxylation sites is 3. The van der Waals surface area contributed by atoms with Crippen molar-refractivity contribution < 1.29 is 4.74 Å². The lowest BCUT2D eigenvalue weighted by Gasteiger charge is -2.40. The van der Waals surface area contributed by atoms with Crippen LogP contribution in [0, 0.1) is 0 Å². The van der Waals surface area contributed by atoms with Crippen molar-refractivity contribution in [2.24, 2.45) is 0 Å². The van der Waals surface area contributed by atoms with Crippen molar-refractivity contribution in [1.82, 2.24) is 4.57 Å². The van der Waals surface area contributed by atoms with Crippen LogP contribution in [0.25, 0.3) is 60.9 Å². The van der Waals surface area contributed by atoms with Crippen LogP contribution in [0.4, 0.5) is 17.1 Å². The van der Waals surface area contributed by atoms with E-state index in [-0.39, 0.29) is 0 Å². The number of anilines is 3. The van der Waals surface area contributed by atoms with E-state index in [1.165, 1.54) is 49.7 Å². The molecule has 0 atom stereocenters. The van der Waals surface area contributed by atoms with Gasteiger partial charge in [0.1, 0.15) is 11.5 Å². The van der Waals surface area contributed by atoms with Gasteiger partial charge in [0, 0.05) is 44.6 Å². The first-order chi connectivity index (χ1) is 31.8. The van der Waals surface area contributed by atoms with Gasteiger partial charge in [-0.1, -0.05) is 176 Å². The highest BCUT2D eigenvalue weighted by molar-refractivity contribution is 6.10. The molecule has 64 heavy (non-hydrogen) atoms. The molecule has 0 fully saturated rings. The Labute approximate surface area is 372 Å². The highest BCUT2D eigenvalue weighted by Crippen LogP contribution is 2.63. The molecule has 0 bridgehead atoms. The monoisotopic (exact) mass is 816 g/mol. The molecule has 10 aromatic carbocycles. The van der Waals surface area contributed by atoms with Gasteiger partial charge in [-0.2, -0.15) is 0 Å². The first-order valence-electron chi connectivity index (χ1n) is 22.0. The molecule has 0 radical (unpaired) electrons. The minimum Gasteiger partial charge on any atom is -0.457 e. The summed E-state index contributed by atoms with van der Waals surface area (Å²) in [6, 6.07) is 88.0. The van der Waals surface area contributed by atoms with Crippen molar-refractivity contribution in [1.29, 1.82) is 0 Å². The molecule has 1 aromatic heterocycles. The van der Waals surface area contributed by atoms with Gasteiger partial charge in [0.05, 0.1) is 16.4 Å². The number of nitrogens with zero attached hydrogens (tertiary/aromatic N) is 2. The first kappa shape index (κ1) is 36.3. The van der Waals surface area contributed by atoms with Gasteiger partial charge in [-0.15, -0.1) is 0 Å². The lowest BCUT2D eigenvalue weighted by molar-refractivity contribution is 0.437. The Balaban J connectivity index is 1.01. The number of ether oxygens (including phenoxy) is 1. The standard InChI is InChI=1S/C61H40N2O/c1-3-17-41(18-4-1)43-19-15-22-46(39-43)62(47-37-38-52-51-25-9-13-30-56(51)63(57(52)40-47)44-20-5-2-6-21-44)45-35-33-42(34-36-45)48-26-16-32-59-60(48)61(55-29-12-14-31-58(55)64-59)53-27-10-7-23-49(53)50-24-8-11-28-54(50)61/h1-40H. The number of rotatable bonds is 6. The average Bonchev–Trinajstić information content (AvgIpc) is 3.85. The molecule has 2 aliphatic rings. The average molecular weight is 817 g/mol. The Hall–Kier alpha value is -8.40. The van der Waals surface area contributed by atoms with Gasteiger partial charge in [-0.25, -0.2) is 0 Å². The second-order valence-electron chi connectivity index (χ2n) is 16.8. The third kappa shape index (κ3) is 5.34. The minimum atomic E-state index is -0.566.